The summed E-state index contributed by atoms with van der Waals surface area (Å²) < 4.78 is 18.6. The summed E-state index contributed by atoms with van der Waals surface area (Å²) in [5.74, 6) is -3.70. The second kappa shape index (κ2) is 17.5. The summed E-state index contributed by atoms with van der Waals surface area (Å²) in [5, 5.41) is 13.8. The van der Waals surface area contributed by atoms with Gasteiger partial charge in [0.15, 0.2) is 0 Å². The molecule has 1 spiro atoms. The molecule has 3 fully saturated rings. The monoisotopic (exact) mass is 715 g/mol. The molecule has 3 aliphatic heterocycles. The SMILES string of the molecule is C=CCCC(=O)N[C@H](COC)[C@H](OC(=O)[C@@H]1[C@H]2C(=O)N([C@H](CO)c3ccccc3)[C@H](C(=O)N(CC=C)C(C)CCC)[C@]23CC[C@H]1O3)c1ccccc1. The van der Waals surface area contributed by atoms with Gasteiger partial charge in [-0.2, -0.15) is 0 Å². The summed E-state index contributed by atoms with van der Waals surface area (Å²) in [6.45, 7) is 11.5. The fraction of sp³-hybridized carbons (Fsp3) is 0.512. The molecule has 52 heavy (non-hydrogen) atoms. The molecule has 11 nitrogen and oxygen atoms in total. The number of rotatable bonds is 19. The van der Waals surface area contributed by atoms with Crippen molar-refractivity contribution in [3.05, 3.63) is 97.1 Å². The number of allylic oxidation sites excluding steroid dienone is 1. The van der Waals surface area contributed by atoms with Gasteiger partial charge in [-0.15, -0.1) is 13.2 Å². The predicted octanol–water partition coefficient (Wildman–Crippen LogP) is 4.68. The largest absolute Gasteiger partial charge is 0.455 e. The molecule has 3 saturated heterocycles. The van der Waals surface area contributed by atoms with Crippen LogP contribution in [0.3, 0.4) is 0 Å². The van der Waals surface area contributed by atoms with Crippen molar-refractivity contribution in [1.29, 1.82) is 0 Å². The van der Waals surface area contributed by atoms with Gasteiger partial charge in [-0.1, -0.05) is 86.2 Å². The van der Waals surface area contributed by atoms with E-state index >= 15 is 0 Å². The minimum Gasteiger partial charge on any atom is -0.455 e. The van der Waals surface area contributed by atoms with Gasteiger partial charge in [-0.25, -0.2) is 0 Å². The fourth-order valence-corrected chi connectivity index (χ4v) is 8.49. The van der Waals surface area contributed by atoms with E-state index in [1.807, 2.05) is 67.6 Å². The molecule has 9 atom stereocenters. The van der Waals surface area contributed by atoms with Gasteiger partial charge in [0.05, 0.1) is 43.2 Å². The van der Waals surface area contributed by atoms with Crippen LogP contribution in [-0.2, 0) is 33.4 Å². The standard InChI is InChI=1S/C41H53N3O8/c1-6-9-21-33(46)42-30(26-50-5)36(29-19-14-11-15-20-29)51-40(49)34-32-22-23-41(52-32)35(34)38(47)44(31(25-45)28-17-12-10-13-18-28)37(41)39(48)43(24-8-3)27(4)16-7-2/h6,8,10-15,17-20,27,30-32,34-37,45H,1,3,7,9,16,21-26H2,2,4-5H3,(H,42,46)/t27?,30-,31-,32-,34+,35+,36-,37-,41+/m1/s1. The molecule has 3 amide bonds. The highest BCUT2D eigenvalue weighted by atomic mass is 16.6. The molecule has 280 valence electrons. The zero-order valence-corrected chi connectivity index (χ0v) is 30.5. The highest BCUT2D eigenvalue weighted by Crippen LogP contribution is 2.60. The van der Waals surface area contributed by atoms with Gasteiger partial charge in [0.2, 0.25) is 17.7 Å². The Balaban J connectivity index is 1.55. The molecule has 2 aromatic carbocycles. The van der Waals surface area contributed by atoms with Crippen molar-refractivity contribution < 1.29 is 38.5 Å². The molecule has 2 bridgehead atoms. The van der Waals surface area contributed by atoms with Gasteiger partial charge < -0.3 is 34.4 Å². The Morgan fingerprint density at radius 1 is 1.10 bits per heavy atom. The highest BCUT2D eigenvalue weighted by Gasteiger charge is 2.76. The number of benzene rings is 2. The average Bonchev–Trinajstić information content (AvgIpc) is 3.80. The van der Waals surface area contributed by atoms with Crippen molar-refractivity contribution in [2.45, 2.75) is 94.3 Å². The molecule has 0 aliphatic carbocycles. The normalized spacial score (nSPS) is 25.5. The maximum Gasteiger partial charge on any atom is 0.313 e. The summed E-state index contributed by atoms with van der Waals surface area (Å²) in [7, 11) is 1.50. The van der Waals surface area contributed by atoms with Crippen LogP contribution in [0.25, 0.3) is 0 Å². The number of nitrogens with zero attached hydrogens (tertiary/aromatic N) is 2. The van der Waals surface area contributed by atoms with Crippen molar-refractivity contribution in [3.63, 3.8) is 0 Å². The third kappa shape index (κ3) is 7.58. The van der Waals surface area contributed by atoms with Crippen LogP contribution in [0, 0.1) is 11.8 Å². The van der Waals surface area contributed by atoms with Crippen LogP contribution >= 0.6 is 0 Å². The number of ether oxygens (including phenoxy) is 3. The van der Waals surface area contributed by atoms with Gasteiger partial charge in [0, 0.05) is 26.1 Å². The zero-order valence-electron chi connectivity index (χ0n) is 30.5. The van der Waals surface area contributed by atoms with E-state index in [0.29, 0.717) is 30.4 Å². The Morgan fingerprint density at radius 2 is 1.77 bits per heavy atom. The number of nitrogens with one attached hydrogen (secondary N) is 1. The van der Waals surface area contributed by atoms with E-state index < -0.39 is 66.3 Å². The minimum atomic E-state index is -1.32. The van der Waals surface area contributed by atoms with Gasteiger partial charge in [-0.3, -0.25) is 19.2 Å². The quantitative estimate of drug-likeness (QED) is 0.158. The van der Waals surface area contributed by atoms with E-state index in [1.165, 1.54) is 12.0 Å². The maximum atomic E-state index is 14.9. The molecule has 5 rings (SSSR count). The first-order chi connectivity index (χ1) is 25.2. The molecule has 11 heteroatoms. The topological polar surface area (TPSA) is 135 Å². The lowest BCUT2D eigenvalue weighted by atomic mass is 9.70. The van der Waals surface area contributed by atoms with Gasteiger partial charge in [0.25, 0.3) is 0 Å². The fourth-order valence-electron chi connectivity index (χ4n) is 8.49. The number of likely N-dealkylation sites (tertiary alicyclic amines) is 1. The number of fused-ring (bicyclic) bond motifs is 1. The Hall–Kier alpha value is -4.32. The van der Waals surface area contributed by atoms with Gasteiger partial charge in [-0.05, 0) is 43.7 Å². The number of amides is 3. The number of carbonyl (C=O) groups is 4. The van der Waals surface area contributed by atoms with E-state index in [0.717, 1.165) is 12.8 Å². The van der Waals surface area contributed by atoms with E-state index in [1.54, 1.807) is 17.1 Å². The Kier molecular flexibility index (Phi) is 13.1. The van der Waals surface area contributed by atoms with Crippen molar-refractivity contribution in [3.8, 4) is 0 Å². The molecule has 2 aromatic rings. The lowest BCUT2D eigenvalue weighted by molar-refractivity contribution is -0.163. The molecule has 0 saturated carbocycles. The summed E-state index contributed by atoms with van der Waals surface area (Å²) in [4.78, 5) is 60.6. The summed E-state index contributed by atoms with van der Waals surface area (Å²) in [5.41, 5.74) is -0.0114. The van der Waals surface area contributed by atoms with Crippen LogP contribution in [0.4, 0.5) is 0 Å². The molecular weight excluding hydrogens is 662 g/mol. The lowest BCUT2D eigenvalue weighted by Gasteiger charge is -2.41. The van der Waals surface area contributed by atoms with E-state index in [2.05, 4.69) is 25.4 Å². The Labute approximate surface area is 307 Å². The van der Waals surface area contributed by atoms with Gasteiger partial charge in [0.1, 0.15) is 17.7 Å². The van der Waals surface area contributed by atoms with Crippen molar-refractivity contribution in [1.82, 2.24) is 15.1 Å². The molecule has 3 aliphatic rings. The zero-order chi connectivity index (χ0) is 37.4. The molecule has 0 radical (unpaired) electrons. The van der Waals surface area contributed by atoms with Crippen LogP contribution in [-0.4, -0.2) is 95.3 Å². The van der Waals surface area contributed by atoms with Gasteiger partial charge >= 0.3 is 5.97 Å². The minimum absolute atomic E-state index is 0.0538. The summed E-state index contributed by atoms with van der Waals surface area (Å²) in [6, 6.07) is 15.4. The molecular formula is C41H53N3O8. The average molecular weight is 716 g/mol. The third-order valence-corrected chi connectivity index (χ3v) is 10.8. The van der Waals surface area contributed by atoms with E-state index in [4.69, 9.17) is 14.2 Å². The van der Waals surface area contributed by atoms with Crippen molar-refractivity contribution >= 4 is 23.7 Å². The van der Waals surface area contributed by atoms with Crippen LogP contribution in [0.1, 0.15) is 75.6 Å². The van der Waals surface area contributed by atoms with Crippen molar-refractivity contribution in [2.75, 3.05) is 26.9 Å². The second-order valence-corrected chi connectivity index (χ2v) is 14.1. The van der Waals surface area contributed by atoms with Crippen LogP contribution in [0.2, 0.25) is 0 Å². The number of aliphatic hydroxyl groups is 1. The number of hydrogen-bond acceptors (Lipinski definition) is 8. The second-order valence-electron chi connectivity index (χ2n) is 14.1. The summed E-state index contributed by atoms with van der Waals surface area (Å²) >= 11 is 0. The Bertz CT molecular complexity index is 1570. The van der Waals surface area contributed by atoms with Crippen LogP contribution in [0.15, 0.2) is 86.0 Å². The summed E-state index contributed by atoms with van der Waals surface area (Å²) in [6.07, 6.45) is 4.81. The number of carbonyl (C=O) groups excluding carboxylic acids is 4. The first-order valence-corrected chi connectivity index (χ1v) is 18.4. The maximum absolute atomic E-state index is 14.9. The third-order valence-electron chi connectivity index (χ3n) is 10.8. The Morgan fingerprint density at radius 3 is 2.37 bits per heavy atom. The smallest absolute Gasteiger partial charge is 0.313 e. The predicted molar refractivity (Wildman–Crippen MR) is 196 cm³/mol. The molecule has 3 heterocycles. The van der Waals surface area contributed by atoms with Crippen molar-refractivity contribution in [2.24, 2.45) is 11.8 Å². The van der Waals surface area contributed by atoms with E-state index in [-0.39, 0.29) is 37.4 Å². The number of methoxy groups -OCH3 is 1. The molecule has 2 N–H and O–H groups in total. The molecule has 1 unspecified atom stereocenters. The lowest BCUT2D eigenvalue weighted by Crippen LogP contribution is -2.58. The van der Waals surface area contributed by atoms with Crippen LogP contribution < -0.4 is 5.32 Å². The van der Waals surface area contributed by atoms with Crippen LogP contribution in [0.5, 0.6) is 0 Å². The molecule has 0 aromatic heterocycles. The highest BCUT2D eigenvalue weighted by molar-refractivity contribution is 5.98. The number of aliphatic hydroxyl groups excluding tert-OH is 1. The van der Waals surface area contributed by atoms with E-state index in [9.17, 15) is 24.3 Å². The number of hydrogen-bond donors (Lipinski definition) is 2. The first kappa shape index (κ1) is 38.9. The number of esters is 1. The first-order valence-electron chi connectivity index (χ1n) is 18.4.